The zero-order valence-corrected chi connectivity index (χ0v) is 18.4. The summed E-state index contributed by atoms with van der Waals surface area (Å²) < 4.78 is 7.26. The highest BCUT2D eigenvalue weighted by Crippen LogP contribution is 2.31. The van der Waals surface area contributed by atoms with Gasteiger partial charge in [0.05, 0.1) is 32.7 Å². The van der Waals surface area contributed by atoms with Gasteiger partial charge in [-0.2, -0.15) is 0 Å². The molecule has 1 aromatic heterocycles. The van der Waals surface area contributed by atoms with E-state index >= 15 is 0 Å². The van der Waals surface area contributed by atoms with Gasteiger partial charge < -0.3 is 15.4 Å². The summed E-state index contributed by atoms with van der Waals surface area (Å²) in [5.74, 6) is 0.0206. The van der Waals surface area contributed by atoms with Crippen molar-refractivity contribution in [3.8, 4) is 0 Å². The average Bonchev–Trinajstić information content (AvgIpc) is 3.40. The zero-order chi connectivity index (χ0) is 20.9. The molecule has 0 unspecified atom stereocenters. The predicted molar refractivity (Wildman–Crippen MR) is 122 cm³/mol. The number of hydrogen-bond acceptors (Lipinski definition) is 6. The molecule has 1 atom stereocenters. The van der Waals surface area contributed by atoms with Crippen molar-refractivity contribution in [2.75, 3.05) is 24.2 Å². The van der Waals surface area contributed by atoms with Crippen LogP contribution in [0.4, 0.5) is 5.69 Å². The lowest BCUT2D eigenvalue weighted by molar-refractivity contribution is -0.119. The van der Waals surface area contributed by atoms with Crippen LogP contribution in [0.15, 0.2) is 46.8 Å². The number of anilines is 1. The minimum atomic E-state index is -0.262. The minimum absolute atomic E-state index is 0.0255. The first kappa shape index (κ1) is 21.1. The summed E-state index contributed by atoms with van der Waals surface area (Å²) in [4.78, 5) is 29.1. The molecule has 30 heavy (non-hydrogen) atoms. The van der Waals surface area contributed by atoms with Crippen molar-refractivity contribution in [3.63, 3.8) is 0 Å². The Bertz CT molecular complexity index is 1070. The zero-order valence-electron chi connectivity index (χ0n) is 16.0. The van der Waals surface area contributed by atoms with Crippen LogP contribution in [-0.4, -0.2) is 41.8 Å². The second kappa shape index (κ2) is 9.78. The Morgan fingerprint density at radius 1 is 1.27 bits per heavy atom. The fraction of sp³-hybridized carbons (Fsp3) is 0.286. The van der Waals surface area contributed by atoms with Gasteiger partial charge in [0, 0.05) is 18.8 Å². The third-order valence-electron chi connectivity index (χ3n) is 4.62. The van der Waals surface area contributed by atoms with Crippen LogP contribution in [0.5, 0.6) is 0 Å². The third kappa shape index (κ3) is 5.31. The van der Waals surface area contributed by atoms with Gasteiger partial charge in [0.25, 0.3) is 5.91 Å². The Morgan fingerprint density at radius 2 is 2.13 bits per heavy atom. The first-order valence-corrected chi connectivity index (χ1v) is 11.7. The molecule has 2 amide bonds. The van der Waals surface area contributed by atoms with Gasteiger partial charge in [0.2, 0.25) is 5.91 Å². The van der Waals surface area contributed by atoms with Gasteiger partial charge in [-0.15, -0.1) is 11.3 Å². The van der Waals surface area contributed by atoms with Gasteiger partial charge >= 0.3 is 0 Å². The number of thioether (sulfide) groups is 1. The number of carbonyl (C=O) groups is 2. The van der Waals surface area contributed by atoms with Crippen molar-refractivity contribution in [2.45, 2.75) is 23.3 Å². The maximum Gasteiger partial charge on any atom is 0.257 e. The number of benzene rings is 2. The molecule has 2 N–H and O–H groups in total. The van der Waals surface area contributed by atoms with Crippen LogP contribution in [0, 0.1) is 0 Å². The highest BCUT2D eigenvalue weighted by Gasteiger charge is 2.16. The monoisotopic (exact) mass is 461 g/mol. The predicted octanol–water partition coefficient (Wildman–Crippen LogP) is 4.59. The molecule has 1 saturated heterocycles. The summed E-state index contributed by atoms with van der Waals surface area (Å²) in [5, 5.41) is 6.19. The Balaban J connectivity index is 1.34. The van der Waals surface area contributed by atoms with Crippen LogP contribution in [0.1, 0.15) is 23.2 Å². The number of halogens is 1. The molecule has 9 heteroatoms. The summed E-state index contributed by atoms with van der Waals surface area (Å²) in [6.07, 6.45) is 2.20. The van der Waals surface area contributed by atoms with Crippen LogP contribution in [-0.2, 0) is 9.53 Å². The molecule has 156 valence electrons. The quantitative estimate of drug-likeness (QED) is 0.503. The van der Waals surface area contributed by atoms with Crippen molar-refractivity contribution < 1.29 is 14.3 Å². The van der Waals surface area contributed by atoms with E-state index < -0.39 is 0 Å². The largest absolute Gasteiger partial charge is 0.376 e. The molecule has 1 aliphatic rings. The second-order valence-corrected chi connectivity index (χ2v) is 9.48. The smallest absolute Gasteiger partial charge is 0.257 e. The number of thiazole rings is 1. The molecule has 0 spiro atoms. The number of aromatic nitrogens is 1. The van der Waals surface area contributed by atoms with Crippen LogP contribution in [0.3, 0.4) is 0 Å². The van der Waals surface area contributed by atoms with E-state index in [0.29, 0.717) is 28.6 Å². The van der Waals surface area contributed by atoms with E-state index in [4.69, 9.17) is 16.3 Å². The Kier molecular flexibility index (Phi) is 6.89. The van der Waals surface area contributed by atoms with Crippen molar-refractivity contribution in [1.29, 1.82) is 0 Å². The average molecular weight is 462 g/mol. The molecule has 3 aromatic rings. The number of rotatable bonds is 7. The summed E-state index contributed by atoms with van der Waals surface area (Å²) in [7, 11) is 0. The van der Waals surface area contributed by atoms with Crippen molar-refractivity contribution in [1.82, 2.24) is 10.3 Å². The molecule has 2 heterocycles. The van der Waals surface area contributed by atoms with Crippen LogP contribution in [0.2, 0.25) is 5.02 Å². The molecule has 1 aliphatic heterocycles. The number of nitrogens with one attached hydrogen (secondary N) is 2. The number of nitrogens with zero attached hydrogens (tertiary/aromatic N) is 1. The Hall–Kier alpha value is -2.13. The number of ether oxygens (including phenoxy) is 1. The van der Waals surface area contributed by atoms with Crippen LogP contribution >= 0.6 is 34.7 Å². The van der Waals surface area contributed by atoms with E-state index in [2.05, 4.69) is 15.6 Å². The number of carbonyl (C=O) groups excluding carboxylic acids is 2. The SMILES string of the molecule is O=C(CSc1nc2ccc(NC(=O)c3ccccc3Cl)cc2s1)NC[C@H]1CCCO1. The van der Waals surface area contributed by atoms with Crippen molar-refractivity contribution in [2.24, 2.45) is 0 Å². The van der Waals surface area contributed by atoms with Gasteiger partial charge in [-0.25, -0.2) is 4.98 Å². The maximum absolute atomic E-state index is 12.4. The number of hydrogen-bond donors (Lipinski definition) is 2. The summed E-state index contributed by atoms with van der Waals surface area (Å²) in [6, 6.07) is 12.5. The highest BCUT2D eigenvalue weighted by atomic mass is 35.5. The lowest BCUT2D eigenvalue weighted by Gasteiger charge is -2.09. The minimum Gasteiger partial charge on any atom is -0.376 e. The van der Waals surface area contributed by atoms with Crippen molar-refractivity contribution >= 4 is 62.4 Å². The van der Waals surface area contributed by atoms with Gasteiger partial charge in [-0.05, 0) is 43.2 Å². The topological polar surface area (TPSA) is 80.3 Å². The van der Waals surface area contributed by atoms with Crippen LogP contribution in [0.25, 0.3) is 10.2 Å². The third-order valence-corrected chi connectivity index (χ3v) is 7.11. The molecule has 2 aromatic carbocycles. The summed E-state index contributed by atoms with van der Waals surface area (Å²) >= 11 is 8.99. The normalized spacial score (nSPS) is 16.0. The molecule has 6 nitrogen and oxygen atoms in total. The maximum atomic E-state index is 12.4. The first-order valence-electron chi connectivity index (χ1n) is 9.56. The fourth-order valence-corrected chi connectivity index (χ4v) is 5.26. The van der Waals surface area contributed by atoms with E-state index in [1.54, 1.807) is 30.3 Å². The van der Waals surface area contributed by atoms with Crippen LogP contribution < -0.4 is 10.6 Å². The van der Waals surface area contributed by atoms with Gasteiger partial charge in [0.15, 0.2) is 4.34 Å². The standard InChI is InChI=1S/C21H20ClN3O3S2/c22-16-6-2-1-5-15(16)20(27)24-13-7-8-17-18(10-13)30-21(25-17)29-12-19(26)23-11-14-4-3-9-28-14/h1-2,5-8,10,14H,3-4,9,11-12H2,(H,23,26)(H,24,27)/t14-/m1/s1. The Labute approximate surface area is 187 Å². The molecule has 0 radical (unpaired) electrons. The fourth-order valence-electron chi connectivity index (χ4n) is 3.10. The van der Waals surface area contributed by atoms with Gasteiger partial charge in [-0.3, -0.25) is 9.59 Å². The van der Waals surface area contributed by atoms with E-state index in [9.17, 15) is 9.59 Å². The van der Waals surface area contributed by atoms with Gasteiger partial charge in [0.1, 0.15) is 0 Å². The second-order valence-electron chi connectivity index (χ2n) is 6.82. The lowest BCUT2D eigenvalue weighted by atomic mass is 10.2. The molecule has 1 fully saturated rings. The number of amides is 2. The lowest BCUT2D eigenvalue weighted by Crippen LogP contribution is -2.32. The highest BCUT2D eigenvalue weighted by molar-refractivity contribution is 8.01. The molecular formula is C21H20ClN3O3S2. The number of fused-ring (bicyclic) bond motifs is 1. The summed E-state index contributed by atoms with van der Waals surface area (Å²) in [5.41, 5.74) is 1.92. The Morgan fingerprint density at radius 3 is 2.93 bits per heavy atom. The molecular weight excluding hydrogens is 442 g/mol. The van der Waals surface area contributed by atoms with E-state index in [0.717, 1.165) is 34.0 Å². The van der Waals surface area contributed by atoms with E-state index in [1.807, 2.05) is 12.1 Å². The molecule has 0 saturated carbocycles. The molecule has 4 rings (SSSR count). The summed E-state index contributed by atoms with van der Waals surface area (Å²) in [6.45, 7) is 1.34. The first-order chi connectivity index (χ1) is 14.6. The van der Waals surface area contributed by atoms with Crippen molar-refractivity contribution in [3.05, 3.63) is 53.1 Å². The van der Waals surface area contributed by atoms with E-state index in [1.165, 1.54) is 23.1 Å². The van der Waals surface area contributed by atoms with E-state index in [-0.39, 0.29) is 17.9 Å². The molecule has 0 bridgehead atoms. The van der Waals surface area contributed by atoms with Gasteiger partial charge in [-0.1, -0.05) is 35.5 Å². The molecule has 0 aliphatic carbocycles.